The van der Waals surface area contributed by atoms with Crippen LogP contribution in [0.3, 0.4) is 0 Å². The normalized spacial score (nSPS) is 38.0. The predicted molar refractivity (Wildman–Crippen MR) is 81.1 cm³/mol. The highest BCUT2D eigenvalue weighted by molar-refractivity contribution is 5.08. The summed E-state index contributed by atoms with van der Waals surface area (Å²) in [6, 6.07) is 0.0848. The van der Waals surface area contributed by atoms with Gasteiger partial charge in [0.2, 0.25) is 0 Å². The smallest absolute Gasteiger partial charge is 0.145 e. The monoisotopic (exact) mass is 301 g/mol. The second-order valence-electron chi connectivity index (χ2n) is 8.25. The van der Waals surface area contributed by atoms with Gasteiger partial charge in [-0.3, -0.25) is 4.84 Å². The van der Waals surface area contributed by atoms with Crippen molar-refractivity contribution in [2.45, 2.75) is 83.5 Å². The van der Waals surface area contributed by atoms with Crippen LogP contribution < -0.4 is 0 Å². The van der Waals surface area contributed by atoms with Crippen LogP contribution in [0, 0.1) is 0 Å². The third-order valence-corrected chi connectivity index (χ3v) is 3.89. The molecule has 2 bridgehead atoms. The van der Waals surface area contributed by atoms with Crippen LogP contribution in [0.5, 0.6) is 0 Å². The van der Waals surface area contributed by atoms with Crippen LogP contribution in [0.2, 0.25) is 0 Å². The van der Waals surface area contributed by atoms with Gasteiger partial charge in [-0.15, -0.1) is 0 Å². The standard InChI is InChI=1S/C16H31NO4/c1-11-12-13(21-15(5,6)7)16(20-11,10-19-17(12)8)9-18-14(2,3)4/h11-13H,9-10H2,1-8H3/t11-,12?,13+,16+/m0/s1. The summed E-state index contributed by atoms with van der Waals surface area (Å²) in [4.78, 5) is 5.80. The summed E-state index contributed by atoms with van der Waals surface area (Å²) in [5.74, 6) is 0. The minimum atomic E-state index is -0.531. The minimum absolute atomic E-state index is 0.0495. The molecule has 5 nitrogen and oxygen atoms in total. The molecule has 2 saturated heterocycles. The number of likely N-dealkylation sites (N-methyl/N-ethyl adjacent to an activating group) is 1. The first-order valence-corrected chi connectivity index (χ1v) is 7.79. The molecule has 21 heavy (non-hydrogen) atoms. The van der Waals surface area contributed by atoms with E-state index in [0.29, 0.717) is 13.2 Å². The lowest BCUT2D eigenvalue weighted by Gasteiger charge is -2.45. The van der Waals surface area contributed by atoms with E-state index in [1.165, 1.54) is 0 Å². The molecular weight excluding hydrogens is 270 g/mol. The Hall–Kier alpha value is -0.200. The predicted octanol–water partition coefficient (Wildman–Crippen LogP) is 2.39. The van der Waals surface area contributed by atoms with Crippen molar-refractivity contribution in [3.8, 4) is 0 Å². The van der Waals surface area contributed by atoms with Gasteiger partial charge in [-0.25, -0.2) is 0 Å². The second-order valence-corrected chi connectivity index (χ2v) is 8.25. The van der Waals surface area contributed by atoms with Crippen molar-refractivity contribution in [1.29, 1.82) is 0 Å². The molecule has 4 atom stereocenters. The van der Waals surface area contributed by atoms with Crippen LogP contribution in [0.1, 0.15) is 48.5 Å². The molecule has 0 saturated carbocycles. The molecule has 0 aromatic rings. The molecule has 0 radical (unpaired) electrons. The molecule has 2 aliphatic heterocycles. The highest BCUT2D eigenvalue weighted by Gasteiger charge is 2.61. The SMILES string of the molecule is C[C@@H]1O[C@]2(COC(C)(C)C)CON(C)C1[C@H]2OC(C)(C)C. The quantitative estimate of drug-likeness (QED) is 0.800. The van der Waals surface area contributed by atoms with Crippen LogP contribution >= 0.6 is 0 Å². The van der Waals surface area contributed by atoms with E-state index in [0.717, 1.165) is 0 Å². The number of nitrogens with zero attached hydrogens (tertiary/aromatic N) is 1. The van der Waals surface area contributed by atoms with Crippen molar-refractivity contribution < 1.29 is 19.0 Å². The lowest BCUT2D eigenvalue weighted by atomic mass is 9.91. The van der Waals surface area contributed by atoms with Crippen molar-refractivity contribution in [3.05, 3.63) is 0 Å². The first-order valence-electron chi connectivity index (χ1n) is 7.79. The number of ether oxygens (including phenoxy) is 3. The number of hydrogen-bond donors (Lipinski definition) is 0. The minimum Gasteiger partial charge on any atom is -0.373 e. The molecule has 2 heterocycles. The summed E-state index contributed by atoms with van der Waals surface area (Å²) < 4.78 is 18.6. The fourth-order valence-corrected chi connectivity index (χ4v) is 3.02. The van der Waals surface area contributed by atoms with Crippen LogP contribution in [0.15, 0.2) is 0 Å². The maximum Gasteiger partial charge on any atom is 0.145 e. The van der Waals surface area contributed by atoms with Crippen LogP contribution in [-0.4, -0.2) is 60.4 Å². The molecule has 2 rings (SSSR count). The molecule has 0 aliphatic carbocycles. The molecule has 5 heteroatoms. The fraction of sp³-hybridized carbons (Fsp3) is 1.00. The van der Waals surface area contributed by atoms with Crippen molar-refractivity contribution in [1.82, 2.24) is 5.06 Å². The fourth-order valence-electron chi connectivity index (χ4n) is 3.02. The van der Waals surface area contributed by atoms with E-state index in [4.69, 9.17) is 19.0 Å². The zero-order chi connectivity index (χ0) is 16.1. The van der Waals surface area contributed by atoms with E-state index in [1.807, 2.05) is 12.1 Å². The Morgan fingerprint density at radius 3 is 2.29 bits per heavy atom. The Bertz CT molecular complexity index is 373. The van der Waals surface area contributed by atoms with Gasteiger partial charge in [-0.2, -0.15) is 5.06 Å². The Balaban J connectivity index is 2.23. The molecule has 0 aromatic carbocycles. The Morgan fingerprint density at radius 1 is 1.14 bits per heavy atom. The number of hydroxylamine groups is 2. The number of rotatable bonds is 3. The first kappa shape index (κ1) is 17.2. The number of fused-ring (bicyclic) bond motifs is 2. The molecule has 124 valence electrons. The first-order chi connectivity index (χ1) is 9.44. The van der Waals surface area contributed by atoms with Gasteiger partial charge in [0.1, 0.15) is 18.3 Å². The molecule has 2 aliphatic rings. The van der Waals surface area contributed by atoms with E-state index in [9.17, 15) is 0 Å². The van der Waals surface area contributed by atoms with Crippen molar-refractivity contribution in [3.63, 3.8) is 0 Å². The van der Waals surface area contributed by atoms with E-state index in [2.05, 4.69) is 48.5 Å². The van der Waals surface area contributed by atoms with E-state index < -0.39 is 5.60 Å². The summed E-state index contributed by atoms with van der Waals surface area (Å²) >= 11 is 0. The lowest BCUT2D eigenvalue weighted by molar-refractivity contribution is -0.285. The van der Waals surface area contributed by atoms with Gasteiger partial charge in [0.15, 0.2) is 0 Å². The molecule has 0 spiro atoms. The van der Waals surface area contributed by atoms with E-state index in [1.54, 1.807) is 0 Å². The maximum atomic E-state index is 6.35. The largest absolute Gasteiger partial charge is 0.373 e. The van der Waals surface area contributed by atoms with Crippen molar-refractivity contribution in [2.24, 2.45) is 0 Å². The zero-order valence-corrected chi connectivity index (χ0v) is 14.7. The summed E-state index contributed by atoms with van der Waals surface area (Å²) in [5.41, 5.74) is -0.978. The molecule has 0 N–H and O–H groups in total. The molecular formula is C16H31NO4. The van der Waals surface area contributed by atoms with Crippen LogP contribution in [0.25, 0.3) is 0 Å². The van der Waals surface area contributed by atoms with Crippen molar-refractivity contribution >= 4 is 0 Å². The van der Waals surface area contributed by atoms with Crippen LogP contribution in [-0.2, 0) is 19.0 Å². The summed E-state index contributed by atoms with van der Waals surface area (Å²) in [6.07, 6.45) is -0.0120. The van der Waals surface area contributed by atoms with Gasteiger partial charge in [-0.1, -0.05) is 0 Å². The van der Waals surface area contributed by atoms with Gasteiger partial charge in [0, 0.05) is 7.05 Å². The third kappa shape index (κ3) is 3.77. The van der Waals surface area contributed by atoms with Gasteiger partial charge in [-0.05, 0) is 48.5 Å². The highest BCUT2D eigenvalue weighted by Crippen LogP contribution is 2.42. The Kier molecular flexibility index (Phi) is 4.46. The zero-order valence-electron chi connectivity index (χ0n) is 14.7. The number of hydrogen-bond acceptors (Lipinski definition) is 5. The maximum absolute atomic E-state index is 6.35. The summed E-state index contributed by atoms with van der Waals surface area (Å²) in [6.45, 7) is 15.4. The summed E-state index contributed by atoms with van der Waals surface area (Å²) in [7, 11) is 1.95. The van der Waals surface area contributed by atoms with E-state index >= 15 is 0 Å². The average molecular weight is 301 g/mol. The average Bonchev–Trinajstić information content (AvgIpc) is 2.45. The molecule has 0 amide bonds. The lowest BCUT2D eigenvalue weighted by Crippen LogP contribution is -2.62. The summed E-state index contributed by atoms with van der Waals surface area (Å²) in [5, 5.41) is 1.88. The van der Waals surface area contributed by atoms with Gasteiger partial charge >= 0.3 is 0 Å². The van der Waals surface area contributed by atoms with Crippen LogP contribution in [0.4, 0.5) is 0 Å². The second kappa shape index (κ2) is 5.46. The molecule has 1 unspecified atom stereocenters. The molecule has 0 aromatic heterocycles. The van der Waals surface area contributed by atoms with Crippen molar-refractivity contribution in [2.75, 3.05) is 20.3 Å². The van der Waals surface area contributed by atoms with E-state index in [-0.39, 0.29) is 29.5 Å². The van der Waals surface area contributed by atoms with Gasteiger partial charge in [0.05, 0.1) is 30.0 Å². The van der Waals surface area contributed by atoms with Gasteiger partial charge < -0.3 is 14.2 Å². The highest BCUT2D eigenvalue weighted by atomic mass is 16.7. The van der Waals surface area contributed by atoms with Gasteiger partial charge in [0.25, 0.3) is 0 Å². The topological polar surface area (TPSA) is 40.2 Å². The third-order valence-electron chi connectivity index (χ3n) is 3.89. The Morgan fingerprint density at radius 2 is 1.76 bits per heavy atom. The Labute approximate surface area is 128 Å². The molecule has 2 fully saturated rings.